The average Bonchev–Trinajstić information content (AvgIpc) is 2.54. The molecule has 5 nitrogen and oxygen atoms in total. The fraction of sp³-hybridized carbons (Fsp3) is 0.263. The summed E-state index contributed by atoms with van der Waals surface area (Å²) < 4.78 is 5.50. The van der Waals surface area contributed by atoms with E-state index in [9.17, 15) is 9.59 Å². The molecule has 0 aliphatic carbocycles. The first-order chi connectivity index (χ1) is 11.8. The van der Waals surface area contributed by atoms with Crippen LogP contribution >= 0.6 is 11.6 Å². The number of aryl methyl sites for hydroxylation is 1. The van der Waals surface area contributed by atoms with Gasteiger partial charge in [-0.05, 0) is 54.3 Å². The molecule has 2 aromatic carbocycles. The third kappa shape index (κ3) is 4.97. The highest BCUT2D eigenvalue weighted by molar-refractivity contribution is 6.33. The van der Waals surface area contributed by atoms with Crippen molar-refractivity contribution in [3.05, 3.63) is 58.1 Å². The van der Waals surface area contributed by atoms with Gasteiger partial charge in [0.25, 0.3) is 5.91 Å². The Balaban J connectivity index is 1.98. The molecule has 25 heavy (non-hydrogen) atoms. The number of amides is 1. The van der Waals surface area contributed by atoms with Gasteiger partial charge in [-0.2, -0.15) is 0 Å². The van der Waals surface area contributed by atoms with Gasteiger partial charge in [0.05, 0.1) is 10.6 Å². The predicted molar refractivity (Wildman–Crippen MR) is 97.8 cm³/mol. The van der Waals surface area contributed by atoms with Crippen molar-refractivity contribution in [2.24, 2.45) is 0 Å². The first-order valence-electron chi connectivity index (χ1n) is 7.84. The second-order valence-electron chi connectivity index (χ2n) is 6.01. The first-order valence-corrected chi connectivity index (χ1v) is 8.21. The molecule has 2 aromatic rings. The number of carboxylic acids is 1. The van der Waals surface area contributed by atoms with Crippen molar-refractivity contribution in [2.75, 3.05) is 11.9 Å². The van der Waals surface area contributed by atoms with Crippen molar-refractivity contribution in [1.29, 1.82) is 0 Å². The van der Waals surface area contributed by atoms with Crippen molar-refractivity contribution >= 4 is 29.2 Å². The maximum absolute atomic E-state index is 12.0. The molecule has 2 N–H and O–H groups in total. The summed E-state index contributed by atoms with van der Waals surface area (Å²) in [5.74, 6) is -0.507. The minimum absolute atomic E-state index is 0.0692. The lowest BCUT2D eigenvalue weighted by molar-refractivity contribution is -0.118. The van der Waals surface area contributed by atoms with Crippen LogP contribution in [0.5, 0.6) is 5.75 Å². The van der Waals surface area contributed by atoms with Crippen LogP contribution in [0.2, 0.25) is 5.02 Å². The zero-order chi connectivity index (χ0) is 18.6. The number of nitrogens with one attached hydrogen (secondary N) is 1. The van der Waals surface area contributed by atoms with E-state index in [2.05, 4.69) is 19.2 Å². The summed E-state index contributed by atoms with van der Waals surface area (Å²) in [4.78, 5) is 23.1. The quantitative estimate of drug-likeness (QED) is 0.795. The van der Waals surface area contributed by atoms with Crippen LogP contribution in [0.25, 0.3) is 0 Å². The monoisotopic (exact) mass is 361 g/mol. The zero-order valence-electron chi connectivity index (χ0n) is 14.3. The minimum atomic E-state index is -1.15. The smallest absolute Gasteiger partial charge is 0.337 e. The molecule has 1 amide bonds. The standard InChI is InChI=1S/C19H20ClNO4/c1-11(2)15-6-5-14(8-12(15)3)25-10-18(22)21-13-4-7-17(20)16(9-13)19(23)24/h4-9,11H,10H2,1-3H3,(H,21,22)(H,23,24). The number of carbonyl (C=O) groups excluding carboxylic acids is 1. The van der Waals surface area contributed by atoms with Gasteiger partial charge in [0.1, 0.15) is 5.75 Å². The van der Waals surface area contributed by atoms with E-state index in [1.54, 1.807) is 0 Å². The van der Waals surface area contributed by atoms with E-state index < -0.39 is 5.97 Å². The lowest BCUT2D eigenvalue weighted by atomic mass is 9.98. The van der Waals surface area contributed by atoms with E-state index in [0.29, 0.717) is 17.4 Å². The Morgan fingerprint density at radius 1 is 1.20 bits per heavy atom. The Morgan fingerprint density at radius 3 is 2.52 bits per heavy atom. The largest absolute Gasteiger partial charge is 0.484 e. The number of hydrogen-bond donors (Lipinski definition) is 2. The van der Waals surface area contributed by atoms with Gasteiger partial charge in [-0.15, -0.1) is 0 Å². The molecule has 2 rings (SSSR count). The number of rotatable bonds is 6. The molecule has 0 unspecified atom stereocenters. The summed E-state index contributed by atoms with van der Waals surface area (Å²) in [7, 11) is 0. The summed E-state index contributed by atoms with van der Waals surface area (Å²) in [6, 6.07) is 9.99. The number of benzene rings is 2. The van der Waals surface area contributed by atoms with E-state index in [4.69, 9.17) is 21.4 Å². The molecule has 0 atom stereocenters. The van der Waals surface area contributed by atoms with Gasteiger partial charge in [-0.3, -0.25) is 4.79 Å². The summed E-state index contributed by atoms with van der Waals surface area (Å²) in [6.07, 6.45) is 0. The van der Waals surface area contributed by atoms with E-state index in [1.807, 2.05) is 25.1 Å². The number of carbonyl (C=O) groups is 2. The first kappa shape index (κ1) is 18.8. The second kappa shape index (κ2) is 8.03. The van der Waals surface area contributed by atoms with Gasteiger partial charge in [-0.1, -0.05) is 31.5 Å². The molecule has 0 aromatic heterocycles. The fourth-order valence-electron chi connectivity index (χ4n) is 2.50. The van der Waals surface area contributed by atoms with E-state index in [1.165, 1.54) is 23.8 Å². The molecule has 0 heterocycles. The average molecular weight is 362 g/mol. The predicted octanol–water partition coefficient (Wildman–Crippen LogP) is 4.49. The Kier molecular flexibility index (Phi) is 6.04. The van der Waals surface area contributed by atoms with Gasteiger partial charge < -0.3 is 15.2 Å². The van der Waals surface area contributed by atoms with E-state index >= 15 is 0 Å². The minimum Gasteiger partial charge on any atom is -0.484 e. The number of aromatic carboxylic acids is 1. The topological polar surface area (TPSA) is 75.6 Å². The van der Waals surface area contributed by atoms with Crippen LogP contribution in [0.4, 0.5) is 5.69 Å². The summed E-state index contributed by atoms with van der Waals surface area (Å²) in [5, 5.41) is 11.7. The van der Waals surface area contributed by atoms with Crippen LogP contribution in [-0.4, -0.2) is 23.6 Å². The highest BCUT2D eigenvalue weighted by Gasteiger charge is 2.11. The molecule has 0 radical (unpaired) electrons. The normalized spacial score (nSPS) is 10.6. The molecule has 6 heteroatoms. The molecule has 0 bridgehead atoms. The molecule has 0 fully saturated rings. The Bertz CT molecular complexity index is 802. The summed E-state index contributed by atoms with van der Waals surface area (Å²) in [5.41, 5.74) is 2.62. The number of halogens is 1. The SMILES string of the molecule is Cc1cc(OCC(=O)Nc2ccc(Cl)c(C(=O)O)c2)ccc1C(C)C. The van der Waals surface area contributed by atoms with Crippen molar-refractivity contribution in [2.45, 2.75) is 26.7 Å². The summed E-state index contributed by atoms with van der Waals surface area (Å²) in [6.45, 7) is 6.07. The number of anilines is 1. The molecule has 0 saturated carbocycles. The molecular formula is C19H20ClNO4. The second-order valence-corrected chi connectivity index (χ2v) is 6.42. The van der Waals surface area contributed by atoms with Crippen LogP contribution in [0.15, 0.2) is 36.4 Å². The van der Waals surface area contributed by atoms with Gasteiger partial charge in [0.2, 0.25) is 0 Å². The maximum Gasteiger partial charge on any atom is 0.337 e. The lowest BCUT2D eigenvalue weighted by Gasteiger charge is -2.12. The fourth-order valence-corrected chi connectivity index (χ4v) is 2.70. The van der Waals surface area contributed by atoms with Crippen LogP contribution < -0.4 is 10.1 Å². The number of hydrogen-bond acceptors (Lipinski definition) is 3. The molecule has 0 aliphatic rings. The Morgan fingerprint density at radius 2 is 1.92 bits per heavy atom. The van der Waals surface area contributed by atoms with Crippen molar-refractivity contribution in [3.63, 3.8) is 0 Å². The van der Waals surface area contributed by atoms with Crippen molar-refractivity contribution in [3.8, 4) is 5.75 Å². The number of carboxylic acid groups (broad SMARTS) is 1. The van der Waals surface area contributed by atoms with Gasteiger partial charge in [0.15, 0.2) is 6.61 Å². The lowest BCUT2D eigenvalue weighted by Crippen LogP contribution is -2.20. The highest BCUT2D eigenvalue weighted by Crippen LogP contribution is 2.24. The third-order valence-corrected chi connectivity index (χ3v) is 4.04. The van der Waals surface area contributed by atoms with Crippen molar-refractivity contribution in [1.82, 2.24) is 0 Å². The van der Waals surface area contributed by atoms with E-state index in [-0.39, 0.29) is 23.1 Å². The Labute approximate surface area is 151 Å². The molecule has 0 spiro atoms. The number of ether oxygens (including phenoxy) is 1. The maximum atomic E-state index is 12.0. The Hall–Kier alpha value is -2.53. The molecular weight excluding hydrogens is 342 g/mol. The highest BCUT2D eigenvalue weighted by atomic mass is 35.5. The van der Waals surface area contributed by atoms with Crippen LogP contribution in [-0.2, 0) is 4.79 Å². The van der Waals surface area contributed by atoms with Gasteiger partial charge in [0, 0.05) is 5.69 Å². The molecule has 0 saturated heterocycles. The van der Waals surface area contributed by atoms with E-state index in [0.717, 1.165) is 5.56 Å². The molecule has 132 valence electrons. The van der Waals surface area contributed by atoms with Gasteiger partial charge >= 0.3 is 5.97 Å². The van der Waals surface area contributed by atoms with Crippen LogP contribution in [0, 0.1) is 6.92 Å². The zero-order valence-corrected chi connectivity index (χ0v) is 15.1. The van der Waals surface area contributed by atoms with Crippen LogP contribution in [0.3, 0.4) is 0 Å². The third-order valence-electron chi connectivity index (χ3n) is 3.71. The molecule has 0 aliphatic heterocycles. The van der Waals surface area contributed by atoms with Crippen molar-refractivity contribution < 1.29 is 19.4 Å². The van der Waals surface area contributed by atoms with Gasteiger partial charge in [-0.25, -0.2) is 4.79 Å². The summed E-state index contributed by atoms with van der Waals surface area (Å²) >= 11 is 5.80. The van der Waals surface area contributed by atoms with Crippen LogP contribution in [0.1, 0.15) is 41.3 Å².